The van der Waals surface area contributed by atoms with Crippen LogP contribution in [0.25, 0.3) is 0 Å². The molecule has 1 amide bonds. The first-order valence-corrected chi connectivity index (χ1v) is 6.04. The number of benzene rings is 1. The molecule has 0 unspecified atom stereocenters. The van der Waals surface area contributed by atoms with Crippen LogP contribution >= 0.6 is 0 Å². The number of hydrogen-bond donors (Lipinski definition) is 1. The molecule has 19 heavy (non-hydrogen) atoms. The number of carbonyl (C=O) groups is 1. The summed E-state index contributed by atoms with van der Waals surface area (Å²) < 4.78 is 39.9. The summed E-state index contributed by atoms with van der Waals surface area (Å²) in [6.45, 7) is 4.12. The van der Waals surface area contributed by atoms with Gasteiger partial charge in [0.1, 0.15) is 23.0 Å². The molecule has 0 spiro atoms. The summed E-state index contributed by atoms with van der Waals surface area (Å²) in [6.07, 6.45) is 0.522. The van der Waals surface area contributed by atoms with E-state index in [1.54, 1.807) is 13.8 Å². The maximum atomic E-state index is 13.6. The van der Waals surface area contributed by atoms with Gasteiger partial charge in [-0.25, -0.2) is 13.2 Å². The van der Waals surface area contributed by atoms with Gasteiger partial charge in [0.05, 0.1) is 0 Å². The minimum Gasteiger partial charge on any atom is -0.336 e. The Morgan fingerprint density at radius 1 is 1.26 bits per heavy atom. The van der Waals surface area contributed by atoms with Crippen LogP contribution in [-0.2, 0) is 0 Å². The molecular weight excluding hydrogens is 257 g/mol. The van der Waals surface area contributed by atoms with Crippen LogP contribution in [0.2, 0.25) is 0 Å². The largest absolute Gasteiger partial charge is 0.336 e. The van der Waals surface area contributed by atoms with Crippen molar-refractivity contribution < 1.29 is 18.0 Å². The number of nitrogens with zero attached hydrogens (tertiary/aromatic N) is 1. The van der Waals surface area contributed by atoms with Crippen molar-refractivity contribution in [3.05, 3.63) is 35.1 Å². The van der Waals surface area contributed by atoms with Crippen LogP contribution < -0.4 is 5.73 Å². The van der Waals surface area contributed by atoms with E-state index in [1.807, 2.05) is 0 Å². The summed E-state index contributed by atoms with van der Waals surface area (Å²) in [5.74, 6) is -4.23. The summed E-state index contributed by atoms with van der Waals surface area (Å²) in [5, 5.41) is 0. The van der Waals surface area contributed by atoms with Gasteiger partial charge in [0.2, 0.25) is 0 Å². The van der Waals surface area contributed by atoms with E-state index in [2.05, 4.69) is 0 Å². The SMILES string of the molecule is CC(C)N(CCCN)C(=O)c1c(F)cc(F)cc1F. The average molecular weight is 274 g/mol. The molecule has 2 N–H and O–H groups in total. The van der Waals surface area contributed by atoms with Crippen molar-refractivity contribution in [3.8, 4) is 0 Å². The first-order chi connectivity index (χ1) is 8.88. The van der Waals surface area contributed by atoms with E-state index >= 15 is 0 Å². The monoisotopic (exact) mass is 274 g/mol. The molecule has 3 nitrogen and oxygen atoms in total. The summed E-state index contributed by atoms with van der Waals surface area (Å²) in [6, 6.07) is 0.762. The van der Waals surface area contributed by atoms with Gasteiger partial charge in [0.25, 0.3) is 5.91 Å². The second kappa shape index (κ2) is 6.56. The van der Waals surface area contributed by atoms with E-state index in [-0.39, 0.29) is 6.04 Å². The van der Waals surface area contributed by atoms with Crippen LogP contribution in [-0.4, -0.2) is 29.9 Å². The zero-order valence-corrected chi connectivity index (χ0v) is 10.9. The zero-order valence-electron chi connectivity index (χ0n) is 10.9. The number of amides is 1. The lowest BCUT2D eigenvalue weighted by Gasteiger charge is -2.27. The van der Waals surface area contributed by atoms with Crippen LogP contribution in [0.1, 0.15) is 30.6 Å². The quantitative estimate of drug-likeness (QED) is 0.895. The fourth-order valence-corrected chi connectivity index (χ4v) is 1.75. The van der Waals surface area contributed by atoms with Gasteiger partial charge in [-0.3, -0.25) is 4.79 Å². The Labute approximate surface area is 110 Å². The average Bonchev–Trinajstić information content (AvgIpc) is 2.27. The van der Waals surface area contributed by atoms with Crippen molar-refractivity contribution in [1.82, 2.24) is 4.90 Å². The van der Waals surface area contributed by atoms with Crippen LogP contribution in [0.15, 0.2) is 12.1 Å². The maximum absolute atomic E-state index is 13.6. The number of hydrogen-bond acceptors (Lipinski definition) is 2. The molecule has 0 aromatic heterocycles. The second-order valence-corrected chi connectivity index (χ2v) is 4.48. The smallest absolute Gasteiger partial charge is 0.260 e. The van der Waals surface area contributed by atoms with E-state index in [0.29, 0.717) is 31.6 Å². The molecule has 0 aliphatic heterocycles. The highest BCUT2D eigenvalue weighted by Crippen LogP contribution is 2.18. The summed E-state index contributed by atoms with van der Waals surface area (Å²) in [7, 11) is 0. The van der Waals surface area contributed by atoms with Gasteiger partial charge in [0.15, 0.2) is 0 Å². The lowest BCUT2D eigenvalue weighted by Crippen LogP contribution is -2.39. The standard InChI is InChI=1S/C13H17F3N2O/c1-8(2)18(5-3-4-17)13(19)12-10(15)6-9(14)7-11(12)16/h6-8H,3-5,17H2,1-2H3. The van der Waals surface area contributed by atoms with Crippen molar-refractivity contribution in [1.29, 1.82) is 0 Å². The number of nitrogens with two attached hydrogens (primary N) is 1. The highest BCUT2D eigenvalue weighted by Gasteiger charge is 2.25. The summed E-state index contributed by atoms with van der Waals surface area (Å²) in [5.41, 5.74) is 4.63. The lowest BCUT2D eigenvalue weighted by atomic mass is 10.1. The van der Waals surface area contributed by atoms with Crippen molar-refractivity contribution >= 4 is 5.91 Å². The summed E-state index contributed by atoms with van der Waals surface area (Å²) >= 11 is 0. The third-order valence-electron chi connectivity index (χ3n) is 2.71. The fraction of sp³-hybridized carbons (Fsp3) is 0.462. The fourth-order valence-electron chi connectivity index (χ4n) is 1.75. The van der Waals surface area contributed by atoms with Crippen molar-refractivity contribution in [2.75, 3.05) is 13.1 Å². The first-order valence-electron chi connectivity index (χ1n) is 6.04. The molecular formula is C13H17F3N2O. The predicted octanol–water partition coefficient (Wildman–Crippen LogP) is 2.30. The van der Waals surface area contributed by atoms with E-state index in [0.717, 1.165) is 0 Å². The van der Waals surface area contributed by atoms with Gasteiger partial charge < -0.3 is 10.6 Å². The van der Waals surface area contributed by atoms with Crippen molar-refractivity contribution in [2.24, 2.45) is 5.73 Å². The molecule has 0 aliphatic rings. The molecule has 0 fully saturated rings. The maximum Gasteiger partial charge on any atom is 0.260 e. The molecule has 0 radical (unpaired) electrons. The van der Waals surface area contributed by atoms with Crippen LogP contribution in [0.4, 0.5) is 13.2 Å². The highest BCUT2D eigenvalue weighted by molar-refractivity contribution is 5.95. The van der Waals surface area contributed by atoms with E-state index < -0.39 is 28.9 Å². The lowest BCUT2D eigenvalue weighted by molar-refractivity contribution is 0.0694. The third kappa shape index (κ3) is 3.70. The molecule has 1 aromatic rings. The Kier molecular flexibility index (Phi) is 5.35. The first kappa shape index (κ1) is 15.5. The molecule has 1 aromatic carbocycles. The number of rotatable bonds is 5. The van der Waals surface area contributed by atoms with E-state index in [4.69, 9.17) is 5.73 Å². The van der Waals surface area contributed by atoms with Gasteiger partial charge in [-0.05, 0) is 26.8 Å². The second-order valence-electron chi connectivity index (χ2n) is 4.48. The highest BCUT2D eigenvalue weighted by atomic mass is 19.1. The normalized spacial score (nSPS) is 10.9. The molecule has 0 atom stereocenters. The zero-order chi connectivity index (χ0) is 14.6. The Morgan fingerprint density at radius 2 is 1.79 bits per heavy atom. The molecule has 0 bridgehead atoms. The molecule has 0 aliphatic carbocycles. The van der Waals surface area contributed by atoms with Crippen LogP contribution in [0.3, 0.4) is 0 Å². The Bertz CT molecular complexity index is 440. The summed E-state index contributed by atoms with van der Waals surface area (Å²) in [4.78, 5) is 13.4. The van der Waals surface area contributed by atoms with Gasteiger partial charge in [-0.2, -0.15) is 0 Å². The Morgan fingerprint density at radius 3 is 2.21 bits per heavy atom. The van der Waals surface area contributed by atoms with Crippen molar-refractivity contribution in [3.63, 3.8) is 0 Å². The third-order valence-corrected chi connectivity index (χ3v) is 2.71. The predicted molar refractivity (Wildman–Crippen MR) is 66.2 cm³/mol. The van der Waals surface area contributed by atoms with E-state index in [9.17, 15) is 18.0 Å². The van der Waals surface area contributed by atoms with Crippen LogP contribution in [0.5, 0.6) is 0 Å². The van der Waals surface area contributed by atoms with Crippen molar-refractivity contribution in [2.45, 2.75) is 26.3 Å². The van der Waals surface area contributed by atoms with Gasteiger partial charge in [0, 0.05) is 24.7 Å². The molecule has 0 saturated carbocycles. The number of carbonyl (C=O) groups excluding carboxylic acids is 1. The topological polar surface area (TPSA) is 46.3 Å². The minimum absolute atomic E-state index is 0.233. The minimum atomic E-state index is -1.19. The molecule has 0 saturated heterocycles. The van der Waals surface area contributed by atoms with Gasteiger partial charge >= 0.3 is 0 Å². The molecule has 0 heterocycles. The number of halogens is 3. The molecule has 106 valence electrons. The van der Waals surface area contributed by atoms with E-state index in [1.165, 1.54) is 4.90 Å². The molecule has 1 rings (SSSR count). The van der Waals surface area contributed by atoms with Gasteiger partial charge in [-0.15, -0.1) is 0 Å². The van der Waals surface area contributed by atoms with Gasteiger partial charge in [-0.1, -0.05) is 0 Å². The Hall–Kier alpha value is -1.56. The van der Waals surface area contributed by atoms with Crippen LogP contribution in [0, 0.1) is 17.5 Å². The Balaban J connectivity index is 3.09. The molecule has 6 heteroatoms.